The zero-order chi connectivity index (χ0) is 17.3. The maximum atomic E-state index is 13.2. The van der Waals surface area contributed by atoms with Gasteiger partial charge in [-0.1, -0.05) is 0 Å². The van der Waals surface area contributed by atoms with Crippen LogP contribution in [0.5, 0.6) is 0 Å². The van der Waals surface area contributed by atoms with Crippen LogP contribution in [-0.4, -0.2) is 41.1 Å². The van der Waals surface area contributed by atoms with Crippen LogP contribution in [0.15, 0.2) is 22.6 Å². The highest BCUT2D eigenvalue weighted by molar-refractivity contribution is 5.82. The van der Waals surface area contributed by atoms with Crippen molar-refractivity contribution in [2.45, 2.75) is 31.6 Å². The SMILES string of the molecule is O=C(NCC(F)(F)F)C1CCCN1Cc1nc2cc(F)ccc2o1. The van der Waals surface area contributed by atoms with E-state index in [2.05, 4.69) is 4.98 Å². The van der Waals surface area contributed by atoms with Crippen LogP contribution in [0.3, 0.4) is 0 Å². The highest BCUT2D eigenvalue weighted by atomic mass is 19.4. The molecule has 1 aromatic carbocycles. The third kappa shape index (κ3) is 3.84. The molecule has 0 aliphatic carbocycles. The molecule has 1 saturated heterocycles. The fraction of sp³-hybridized carbons (Fsp3) is 0.467. The summed E-state index contributed by atoms with van der Waals surface area (Å²) in [4.78, 5) is 17.8. The number of carbonyl (C=O) groups is 1. The van der Waals surface area contributed by atoms with Gasteiger partial charge in [0.05, 0.1) is 12.6 Å². The van der Waals surface area contributed by atoms with E-state index in [4.69, 9.17) is 4.42 Å². The van der Waals surface area contributed by atoms with Gasteiger partial charge in [0.1, 0.15) is 17.9 Å². The van der Waals surface area contributed by atoms with E-state index in [1.54, 1.807) is 4.90 Å². The molecule has 0 saturated carbocycles. The van der Waals surface area contributed by atoms with Crippen LogP contribution in [-0.2, 0) is 11.3 Å². The standard InChI is InChI=1S/C15H15F4N3O2/c16-9-3-4-12-10(6-9)21-13(24-12)7-22-5-1-2-11(22)14(23)20-8-15(17,18)19/h3-4,6,11H,1-2,5,7-8H2,(H,20,23). The number of carbonyl (C=O) groups excluding carboxylic acids is 1. The molecule has 0 spiro atoms. The summed E-state index contributed by atoms with van der Waals surface area (Å²) in [5.41, 5.74) is 0.783. The number of amides is 1. The Morgan fingerprint density at radius 2 is 2.21 bits per heavy atom. The normalized spacial score (nSPS) is 19.1. The number of alkyl halides is 3. The predicted molar refractivity (Wildman–Crippen MR) is 76.5 cm³/mol. The van der Waals surface area contributed by atoms with Crippen molar-refractivity contribution in [3.8, 4) is 0 Å². The van der Waals surface area contributed by atoms with Gasteiger partial charge in [-0.3, -0.25) is 9.69 Å². The molecule has 1 N–H and O–H groups in total. The Morgan fingerprint density at radius 3 is 2.96 bits per heavy atom. The van der Waals surface area contributed by atoms with E-state index >= 15 is 0 Å². The van der Waals surface area contributed by atoms with Crippen molar-refractivity contribution < 1.29 is 26.8 Å². The summed E-state index contributed by atoms with van der Waals surface area (Å²) in [7, 11) is 0. The van der Waals surface area contributed by atoms with Gasteiger partial charge in [0.25, 0.3) is 0 Å². The number of benzene rings is 1. The van der Waals surface area contributed by atoms with Crippen molar-refractivity contribution in [3.63, 3.8) is 0 Å². The fourth-order valence-corrected chi connectivity index (χ4v) is 2.81. The first-order valence-corrected chi connectivity index (χ1v) is 7.45. The first-order chi connectivity index (χ1) is 11.3. The van der Waals surface area contributed by atoms with Crippen LogP contribution in [0.4, 0.5) is 17.6 Å². The van der Waals surface area contributed by atoms with Gasteiger partial charge in [0.15, 0.2) is 5.58 Å². The van der Waals surface area contributed by atoms with E-state index in [9.17, 15) is 22.4 Å². The molecule has 24 heavy (non-hydrogen) atoms. The second-order valence-electron chi connectivity index (χ2n) is 5.68. The molecule has 1 aliphatic rings. The maximum absolute atomic E-state index is 13.2. The van der Waals surface area contributed by atoms with E-state index in [1.165, 1.54) is 18.2 Å². The molecular formula is C15H15F4N3O2. The predicted octanol–water partition coefficient (Wildman–Crippen LogP) is 2.61. The molecule has 1 unspecified atom stereocenters. The summed E-state index contributed by atoms with van der Waals surface area (Å²) in [5, 5.41) is 1.91. The van der Waals surface area contributed by atoms with Crippen LogP contribution in [0, 0.1) is 5.82 Å². The Labute approximate surface area is 134 Å². The summed E-state index contributed by atoms with van der Waals surface area (Å²) >= 11 is 0. The number of nitrogens with one attached hydrogen (secondary N) is 1. The van der Waals surface area contributed by atoms with Gasteiger partial charge < -0.3 is 9.73 Å². The number of likely N-dealkylation sites (tertiary alicyclic amines) is 1. The highest BCUT2D eigenvalue weighted by Crippen LogP contribution is 2.23. The molecule has 2 aromatic rings. The molecule has 1 atom stereocenters. The smallest absolute Gasteiger partial charge is 0.405 e. The number of fused-ring (bicyclic) bond motifs is 1. The molecular weight excluding hydrogens is 330 g/mol. The third-order valence-corrected chi connectivity index (χ3v) is 3.86. The molecule has 1 aromatic heterocycles. The van der Waals surface area contributed by atoms with Crippen LogP contribution < -0.4 is 5.32 Å². The van der Waals surface area contributed by atoms with Crippen molar-refractivity contribution in [2.24, 2.45) is 0 Å². The van der Waals surface area contributed by atoms with Gasteiger partial charge in [-0.25, -0.2) is 9.37 Å². The summed E-state index contributed by atoms with van der Waals surface area (Å²) < 4.78 is 55.3. The molecule has 5 nitrogen and oxygen atoms in total. The van der Waals surface area contributed by atoms with Crippen LogP contribution in [0.2, 0.25) is 0 Å². The summed E-state index contributed by atoms with van der Waals surface area (Å²) in [6.07, 6.45) is -3.28. The van der Waals surface area contributed by atoms with Gasteiger partial charge in [-0.05, 0) is 31.5 Å². The number of hydrogen-bond donors (Lipinski definition) is 1. The minimum atomic E-state index is -4.44. The molecule has 0 radical (unpaired) electrons. The topological polar surface area (TPSA) is 58.4 Å². The lowest BCUT2D eigenvalue weighted by molar-refractivity contribution is -0.141. The van der Waals surface area contributed by atoms with Gasteiger partial charge in [0.2, 0.25) is 11.8 Å². The monoisotopic (exact) mass is 345 g/mol. The lowest BCUT2D eigenvalue weighted by Crippen LogP contribution is -2.45. The summed E-state index contributed by atoms with van der Waals surface area (Å²) in [6.45, 7) is -0.615. The average molecular weight is 345 g/mol. The second-order valence-corrected chi connectivity index (χ2v) is 5.68. The zero-order valence-electron chi connectivity index (χ0n) is 12.6. The Kier molecular flexibility index (Phi) is 4.44. The Morgan fingerprint density at radius 1 is 1.42 bits per heavy atom. The van der Waals surface area contributed by atoms with E-state index in [0.717, 1.165) is 0 Å². The Hall–Kier alpha value is -2.16. The highest BCUT2D eigenvalue weighted by Gasteiger charge is 2.34. The van der Waals surface area contributed by atoms with E-state index in [0.29, 0.717) is 36.4 Å². The van der Waals surface area contributed by atoms with Crippen LogP contribution in [0.1, 0.15) is 18.7 Å². The second kappa shape index (κ2) is 6.39. The van der Waals surface area contributed by atoms with Gasteiger partial charge in [-0.2, -0.15) is 13.2 Å². The molecule has 3 rings (SSSR count). The number of halogens is 4. The molecule has 0 bridgehead atoms. The zero-order valence-corrected chi connectivity index (χ0v) is 12.6. The van der Waals surface area contributed by atoms with Gasteiger partial charge in [0, 0.05) is 6.07 Å². The fourth-order valence-electron chi connectivity index (χ4n) is 2.81. The Bertz CT molecular complexity index is 744. The Balaban J connectivity index is 1.67. The summed E-state index contributed by atoms with van der Waals surface area (Å²) in [5.74, 6) is -0.800. The molecule has 2 heterocycles. The molecule has 1 fully saturated rings. The largest absolute Gasteiger partial charge is 0.439 e. The van der Waals surface area contributed by atoms with Gasteiger partial charge >= 0.3 is 6.18 Å². The minimum absolute atomic E-state index is 0.181. The number of hydrogen-bond acceptors (Lipinski definition) is 4. The van der Waals surface area contributed by atoms with Crippen molar-refractivity contribution in [1.82, 2.24) is 15.2 Å². The number of aromatic nitrogens is 1. The first-order valence-electron chi connectivity index (χ1n) is 7.45. The van der Waals surface area contributed by atoms with Crippen molar-refractivity contribution in [3.05, 3.63) is 29.9 Å². The molecule has 1 amide bonds. The minimum Gasteiger partial charge on any atom is -0.439 e. The molecule has 130 valence electrons. The van der Waals surface area contributed by atoms with Crippen molar-refractivity contribution in [1.29, 1.82) is 0 Å². The van der Waals surface area contributed by atoms with Crippen molar-refractivity contribution >= 4 is 17.0 Å². The third-order valence-electron chi connectivity index (χ3n) is 3.86. The van der Waals surface area contributed by atoms with Gasteiger partial charge in [-0.15, -0.1) is 0 Å². The molecule has 9 heteroatoms. The van der Waals surface area contributed by atoms with E-state index in [1.807, 2.05) is 5.32 Å². The number of rotatable bonds is 4. The lowest BCUT2D eigenvalue weighted by Gasteiger charge is -2.22. The van der Waals surface area contributed by atoms with Crippen molar-refractivity contribution in [2.75, 3.05) is 13.1 Å². The summed E-state index contributed by atoms with van der Waals surface area (Å²) in [6, 6.07) is 3.29. The number of oxazole rings is 1. The quantitative estimate of drug-likeness (QED) is 0.866. The van der Waals surface area contributed by atoms with Crippen LogP contribution in [0.25, 0.3) is 11.1 Å². The maximum Gasteiger partial charge on any atom is 0.405 e. The molecule has 1 aliphatic heterocycles. The van der Waals surface area contributed by atoms with E-state index < -0.39 is 30.5 Å². The van der Waals surface area contributed by atoms with Crippen LogP contribution >= 0.6 is 0 Å². The number of nitrogens with zero attached hydrogens (tertiary/aromatic N) is 2. The first kappa shape index (κ1) is 16.7. The lowest BCUT2D eigenvalue weighted by atomic mass is 10.2. The van der Waals surface area contributed by atoms with E-state index in [-0.39, 0.29) is 6.54 Å². The average Bonchev–Trinajstić information content (AvgIpc) is 3.10.